The van der Waals surface area contributed by atoms with E-state index < -0.39 is 33.0 Å². The molecule has 13 nitrogen and oxygen atoms in total. The predicted molar refractivity (Wildman–Crippen MR) is 125 cm³/mol. The van der Waals surface area contributed by atoms with Crippen LogP contribution in [0.4, 0.5) is 17.1 Å². The Labute approximate surface area is 198 Å². The zero-order valence-electron chi connectivity index (χ0n) is 18.0. The number of nitro benzene ring substituents is 2. The zero-order valence-corrected chi connectivity index (χ0v) is 18.9. The van der Waals surface area contributed by atoms with Crippen LogP contribution in [0, 0.1) is 34.1 Å². The number of carbonyl (C=O) groups is 3. The number of amides is 3. The standard InChI is InChI=1S/C20H20N6O7S/c1-11-3-4-14(7-12(11)2)21-17(27)5-6-18(28)23-24-20(34)22-19(29)13-8-15(25(30)31)10-16(9-13)26(32)33/h3-4,7-10H,5-6H2,1-2H3,(H,21,27)(H,23,28)(H2,22,24,29,34). The summed E-state index contributed by atoms with van der Waals surface area (Å²) in [4.78, 5) is 56.3. The minimum atomic E-state index is -0.966. The number of carbonyl (C=O) groups excluding carboxylic acids is 3. The van der Waals surface area contributed by atoms with Gasteiger partial charge in [-0.05, 0) is 49.3 Å². The maximum Gasteiger partial charge on any atom is 0.277 e. The molecule has 0 heterocycles. The Bertz CT molecular complexity index is 1150. The number of nitrogens with one attached hydrogen (secondary N) is 4. The first-order chi connectivity index (χ1) is 16.0. The third-order valence-electron chi connectivity index (χ3n) is 4.50. The minimum Gasteiger partial charge on any atom is -0.326 e. The van der Waals surface area contributed by atoms with Crippen LogP contribution in [0.25, 0.3) is 0 Å². The summed E-state index contributed by atoms with van der Waals surface area (Å²) in [5.74, 6) is -1.94. The molecule has 3 amide bonds. The molecule has 0 radical (unpaired) electrons. The van der Waals surface area contributed by atoms with Crippen LogP contribution in [0.3, 0.4) is 0 Å². The average Bonchev–Trinajstić information content (AvgIpc) is 2.78. The number of hydrogen-bond acceptors (Lipinski definition) is 8. The fourth-order valence-electron chi connectivity index (χ4n) is 2.60. The molecule has 4 N–H and O–H groups in total. The van der Waals surface area contributed by atoms with Gasteiger partial charge < -0.3 is 5.32 Å². The predicted octanol–water partition coefficient (Wildman–Crippen LogP) is 2.17. The topological polar surface area (TPSA) is 186 Å². The van der Waals surface area contributed by atoms with Gasteiger partial charge in [-0.1, -0.05) is 6.07 Å². The molecule has 0 saturated heterocycles. The molecule has 0 fully saturated rings. The largest absolute Gasteiger partial charge is 0.326 e. The maximum absolute atomic E-state index is 12.2. The van der Waals surface area contributed by atoms with Crippen molar-refractivity contribution < 1.29 is 24.2 Å². The average molecular weight is 488 g/mol. The van der Waals surface area contributed by atoms with Gasteiger partial charge in [0.15, 0.2) is 5.11 Å². The first-order valence-corrected chi connectivity index (χ1v) is 10.1. The molecule has 0 aromatic heterocycles. The lowest BCUT2D eigenvalue weighted by molar-refractivity contribution is -0.394. The van der Waals surface area contributed by atoms with Gasteiger partial charge in [-0.25, -0.2) is 0 Å². The molecule has 0 unspecified atom stereocenters. The fraction of sp³-hybridized carbons (Fsp3) is 0.200. The van der Waals surface area contributed by atoms with E-state index in [-0.39, 0.29) is 29.4 Å². The van der Waals surface area contributed by atoms with Crippen molar-refractivity contribution in [1.29, 1.82) is 0 Å². The molecule has 0 saturated carbocycles. The van der Waals surface area contributed by atoms with Gasteiger partial charge in [0.1, 0.15) is 0 Å². The second kappa shape index (κ2) is 11.4. The van der Waals surface area contributed by atoms with Crippen LogP contribution in [-0.4, -0.2) is 32.7 Å². The molecular weight excluding hydrogens is 468 g/mol. The SMILES string of the molecule is Cc1ccc(NC(=O)CCC(=O)NNC(=S)NC(=O)c2cc([N+](=O)[O-])cc([N+](=O)[O-])c2)cc1C. The van der Waals surface area contributed by atoms with Crippen molar-refractivity contribution in [3.05, 3.63) is 73.3 Å². The number of non-ortho nitro benzene ring substituents is 2. The molecule has 34 heavy (non-hydrogen) atoms. The van der Waals surface area contributed by atoms with Crippen molar-refractivity contribution in [1.82, 2.24) is 16.2 Å². The molecule has 0 aliphatic rings. The van der Waals surface area contributed by atoms with E-state index in [0.717, 1.165) is 23.3 Å². The molecule has 14 heteroatoms. The summed E-state index contributed by atoms with van der Waals surface area (Å²) < 4.78 is 0. The van der Waals surface area contributed by atoms with E-state index in [9.17, 15) is 34.6 Å². The Kier molecular flexibility index (Phi) is 8.66. The van der Waals surface area contributed by atoms with Crippen molar-refractivity contribution >= 4 is 52.1 Å². The van der Waals surface area contributed by atoms with E-state index in [1.165, 1.54) is 0 Å². The Hall–Kier alpha value is -4.46. The monoisotopic (exact) mass is 488 g/mol. The van der Waals surface area contributed by atoms with Crippen molar-refractivity contribution in [2.24, 2.45) is 0 Å². The highest BCUT2D eigenvalue weighted by Gasteiger charge is 2.20. The van der Waals surface area contributed by atoms with E-state index >= 15 is 0 Å². The van der Waals surface area contributed by atoms with E-state index in [1.807, 2.05) is 26.0 Å². The summed E-state index contributed by atoms with van der Waals surface area (Å²) in [6, 6.07) is 7.83. The smallest absolute Gasteiger partial charge is 0.277 e. The second-order valence-corrected chi connectivity index (χ2v) is 7.46. The summed E-state index contributed by atoms with van der Waals surface area (Å²) in [7, 11) is 0. The van der Waals surface area contributed by atoms with Crippen molar-refractivity contribution in [3.8, 4) is 0 Å². The molecule has 0 aliphatic carbocycles. The second-order valence-electron chi connectivity index (χ2n) is 7.06. The number of thiocarbonyl (C=S) groups is 1. The van der Waals surface area contributed by atoms with Crippen LogP contribution in [0.15, 0.2) is 36.4 Å². The first kappa shape index (κ1) is 25.8. The lowest BCUT2D eigenvalue weighted by atomic mass is 10.1. The third-order valence-corrected chi connectivity index (χ3v) is 4.70. The lowest BCUT2D eigenvalue weighted by Gasteiger charge is -2.11. The summed E-state index contributed by atoms with van der Waals surface area (Å²) in [6.45, 7) is 3.85. The Balaban J connectivity index is 1.83. The van der Waals surface area contributed by atoms with Gasteiger partial charge in [-0.15, -0.1) is 0 Å². The van der Waals surface area contributed by atoms with E-state index in [2.05, 4.69) is 21.5 Å². The number of aryl methyl sites for hydroxylation is 2. The van der Waals surface area contributed by atoms with Crippen molar-refractivity contribution in [2.75, 3.05) is 5.32 Å². The Morgan fingerprint density at radius 2 is 1.44 bits per heavy atom. The molecular formula is C20H20N6O7S. The van der Waals surface area contributed by atoms with Gasteiger partial charge in [-0.3, -0.25) is 50.8 Å². The fourth-order valence-corrected chi connectivity index (χ4v) is 2.75. The first-order valence-electron chi connectivity index (χ1n) is 9.67. The molecule has 0 bridgehead atoms. The van der Waals surface area contributed by atoms with Gasteiger partial charge in [0.2, 0.25) is 11.8 Å². The van der Waals surface area contributed by atoms with Gasteiger partial charge >= 0.3 is 0 Å². The normalized spacial score (nSPS) is 10.1. The number of benzene rings is 2. The van der Waals surface area contributed by atoms with Gasteiger partial charge in [0, 0.05) is 30.7 Å². The van der Waals surface area contributed by atoms with Crippen molar-refractivity contribution in [2.45, 2.75) is 26.7 Å². The molecule has 178 valence electrons. The molecule has 2 aromatic rings. The summed E-state index contributed by atoms with van der Waals surface area (Å²) in [5.41, 5.74) is 5.46. The highest BCUT2D eigenvalue weighted by Crippen LogP contribution is 2.22. The maximum atomic E-state index is 12.2. The third kappa shape index (κ3) is 7.59. The zero-order chi connectivity index (χ0) is 25.4. The Morgan fingerprint density at radius 3 is 2.00 bits per heavy atom. The number of anilines is 1. The quantitative estimate of drug-likeness (QED) is 0.257. The molecule has 2 aromatic carbocycles. The molecule has 0 aliphatic heterocycles. The van der Waals surface area contributed by atoms with Gasteiger partial charge in [0.05, 0.1) is 21.5 Å². The van der Waals surface area contributed by atoms with Crippen LogP contribution in [-0.2, 0) is 9.59 Å². The van der Waals surface area contributed by atoms with Crippen LogP contribution >= 0.6 is 12.2 Å². The molecule has 0 spiro atoms. The summed E-state index contributed by atoms with van der Waals surface area (Å²) in [5, 5.41) is 26.3. The number of hydrogen-bond donors (Lipinski definition) is 4. The minimum absolute atomic E-state index is 0.114. The molecule has 2 rings (SSSR count). The highest BCUT2D eigenvalue weighted by atomic mass is 32.1. The summed E-state index contributed by atoms with van der Waals surface area (Å²) >= 11 is 4.86. The van der Waals surface area contributed by atoms with Crippen LogP contribution in [0.2, 0.25) is 0 Å². The van der Waals surface area contributed by atoms with Crippen LogP contribution in [0.5, 0.6) is 0 Å². The number of nitro groups is 2. The van der Waals surface area contributed by atoms with Crippen molar-refractivity contribution in [3.63, 3.8) is 0 Å². The van der Waals surface area contributed by atoms with E-state index in [4.69, 9.17) is 12.2 Å². The Morgan fingerprint density at radius 1 is 0.853 bits per heavy atom. The highest BCUT2D eigenvalue weighted by molar-refractivity contribution is 7.80. The number of hydrazine groups is 1. The summed E-state index contributed by atoms with van der Waals surface area (Å²) in [6.07, 6.45) is -0.297. The lowest BCUT2D eigenvalue weighted by Crippen LogP contribution is -2.48. The van der Waals surface area contributed by atoms with E-state index in [0.29, 0.717) is 11.8 Å². The van der Waals surface area contributed by atoms with Gasteiger partial charge in [0.25, 0.3) is 17.3 Å². The number of nitrogens with zero attached hydrogens (tertiary/aromatic N) is 2. The van der Waals surface area contributed by atoms with E-state index in [1.54, 1.807) is 6.07 Å². The number of rotatable bonds is 7. The van der Waals surface area contributed by atoms with Gasteiger partial charge in [-0.2, -0.15) is 0 Å². The van der Waals surface area contributed by atoms with Crippen LogP contribution in [0.1, 0.15) is 34.3 Å². The van der Waals surface area contributed by atoms with Crippen LogP contribution < -0.4 is 21.5 Å². The molecule has 0 atom stereocenters.